The zero-order chi connectivity index (χ0) is 36.2. The molecule has 0 unspecified atom stereocenters. The van der Waals surface area contributed by atoms with E-state index < -0.39 is 0 Å². The van der Waals surface area contributed by atoms with Crippen LogP contribution in [0.25, 0.3) is 32.6 Å². The second-order valence-electron chi connectivity index (χ2n) is 12.8. The van der Waals surface area contributed by atoms with E-state index >= 15 is 0 Å². The quantitative estimate of drug-likeness (QED) is 0.0504. The molecule has 11 heteroatoms. The van der Waals surface area contributed by atoms with E-state index in [2.05, 4.69) is 28.3 Å². The van der Waals surface area contributed by atoms with Crippen LogP contribution >= 0.6 is 0 Å². The summed E-state index contributed by atoms with van der Waals surface area (Å²) in [5.41, 5.74) is 5.09. The number of H-pyrrole nitrogens is 1. The van der Waals surface area contributed by atoms with Gasteiger partial charge in [-0.2, -0.15) is 0 Å². The van der Waals surface area contributed by atoms with Gasteiger partial charge < -0.3 is 24.4 Å². The Morgan fingerprint density at radius 1 is 0.885 bits per heavy atom. The highest BCUT2D eigenvalue weighted by Gasteiger charge is 2.23. The number of anilines is 2. The number of imide groups is 1. The van der Waals surface area contributed by atoms with Crippen LogP contribution in [0.5, 0.6) is 5.75 Å². The van der Waals surface area contributed by atoms with E-state index in [1.165, 1.54) is 22.6 Å². The maximum atomic E-state index is 12.4. The summed E-state index contributed by atoms with van der Waals surface area (Å²) >= 11 is 0. The zero-order valence-electron chi connectivity index (χ0n) is 28.5. The first-order chi connectivity index (χ1) is 25.3. The van der Waals surface area contributed by atoms with Crippen LogP contribution in [0.2, 0.25) is 0 Å². The molecule has 0 atom stereocenters. The van der Waals surface area contributed by atoms with Crippen molar-refractivity contribution in [1.82, 2.24) is 9.88 Å². The van der Waals surface area contributed by atoms with Crippen LogP contribution in [0.15, 0.2) is 101 Å². The van der Waals surface area contributed by atoms with Crippen molar-refractivity contribution in [1.29, 1.82) is 0 Å². The van der Waals surface area contributed by atoms with Crippen molar-refractivity contribution in [2.45, 2.75) is 32.1 Å². The monoisotopic (exact) mass is 696 g/mol. The highest BCUT2D eigenvalue weighted by atomic mass is 16.5. The number of rotatable bonds is 10. The lowest BCUT2D eigenvalue weighted by molar-refractivity contribution is -0.137. The van der Waals surface area contributed by atoms with Crippen molar-refractivity contribution in [3.8, 4) is 5.75 Å². The molecule has 0 aliphatic carbocycles. The van der Waals surface area contributed by atoms with Crippen LogP contribution in [0.1, 0.15) is 52.3 Å². The van der Waals surface area contributed by atoms with Gasteiger partial charge >= 0.3 is 5.97 Å². The van der Waals surface area contributed by atoms with E-state index in [-0.39, 0.29) is 29.5 Å². The second kappa shape index (κ2) is 14.8. The molecule has 0 saturated heterocycles. The number of nitrogens with one attached hydrogen (secondary N) is 2. The van der Waals surface area contributed by atoms with E-state index in [4.69, 9.17) is 9.15 Å². The van der Waals surface area contributed by atoms with Gasteiger partial charge in [0.25, 0.3) is 17.7 Å². The number of hydrogen-bond donors (Lipinski definition) is 2. The van der Waals surface area contributed by atoms with Crippen molar-refractivity contribution >= 4 is 74.0 Å². The Bertz CT molecular complexity index is 2340. The molecule has 4 aromatic carbocycles. The summed E-state index contributed by atoms with van der Waals surface area (Å²) in [7, 11) is 2.05. The molecule has 2 aliphatic rings. The maximum absolute atomic E-state index is 12.4. The molecule has 52 heavy (non-hydrogen) atoms. The summed E-state index contributed by atoms with van der Waals surface area (Å²) < 4.78 is 11.3. The highest BCUT2D eigenvalue weighted by Crippen LogP contribution is 2.39. The lowest BCUT2D eigenvalue weighted by Gasteiger charge is -2.16. The Kier molecular flexibility index (Phi) is 9.66. The lowest BCUT2D eigenvalue weighted by atomic mass is 10.0. The number of furan rings is 1. The number of aldehydes is 1. The van der Waals surface area contributed by atoms with Gasteiger partial charge in [0.15, 0.2) is 12.0 Å². The molecule has 6 aromatic rings. The van der Waals surface area contributed by atoms with Crippen molar-refractivity contribution < 1.29 is 33.1 Å². The standard InChI is InChI=1S/C23H24N2O4.C18H12N2O3/c1-24-14-12-17-16-7-4-5-8-18(16)20(15-19(17)24)29-23(28)9-3-2-6-13-25-21(26)10-11-22(25)27;21-10-14-8-12-7-13(5-6-15(12)19-14)20-18(22)17-9-11-3-1-2-4-16(11)23-17/h4-5,7-8,10-11,15H,2-3,6,9,12-14H2,1H3;1-10,19H,(H,20,22). The van der Waals surface area contributed by atoms with Gasteiger partial charge in [0.05, 0.1) is 5.69 Å². The van der Waals surface area contributed by atoms with Crippen LogP contribution in [0.4, 0.5) is 11.4 Å². The third kappa shape index (κ3) is 7.20. The summed E-state index contributed by atoms with van der Waals surface area (Å²) in [6.45, 7) is 1.36. The Labute approximate surface area is 298 Å². The normalized spacial score (nSPS) is 13.5. The average Bonchev–Trinajstić information content (AvgIpc) is 3.94. The van der Waals surface area contributed by atoms with Gasteiger partial charge in [-0.25, -0.2) is 0 Å². The molecule has 2 N–H and O–H groups in total. The van der Waals surface area contributed by atoms with Crippen LogP contribution in [-0.2, 0) is 20.8 Å². The summed E-state index contributed by atoms with van der Waals surface area (Å²) in [4.78, 5) is 64.9. The molecular formula is C41H36N4O7. The van der Waals surface area contributed by atoms with Crippen molar-refractivity contribution in [3.63, 3.8) is 0 Å². The van der Waals surface area contributed by atoms with E-state index in [0.29, 0.717) is 48.5 Å². The Balaban J connectivity index is 0.000000166. The van der Waals surface area contributed by atoms with Gasteiger partial charge in [0, 0.05) is 77.8 Å². The van der Waals surface area contributed by atoms with E-state index in [1.807, 2.05) is 54.6 Å². The predicted octanol–water partition coefficient (Wildman–Crippen LogP) is 7.20. The van der Waals surface area contributed by atoms with Gasteiger partial charge in [-0.3, -0.25) is 28.9 Å². The molecule has 8 rings (SSSR count). The molecular weight excluding hydrogens is 660 g/mol. The number of benzene rings is 4. The number of carbonyl (C=O) groups is 5. The smallest absolute Gasteiger partial charge is 0.311 e. The second-order valence-corrected chi connectivity index (χ2v) is 12.8. The molecule has 0 bridgehead atoms. The van der Waals surface area contributed by atoms with Crippen LogP contribution in [0.3, 0.4) is 0 Å². The summed E-state index contributed by atoms with van der Waals surface area (Å²) in [6.07, 6.45) is 6.73. The fraction of sp³-hybridized carbons (Fsp3) is 0.195. The number of hydrogen-bond acceptors (Lipinski definition) is 8. The SMILES string of the molecule is CN1CCc2c1cc(OC(=O)CCCCCN1C(=O)C=CC1=O)c1ccccc21.O=Cc1cc2cc(NC(=O)c3cc4ccccc4o3)ccc2[nH]1. The number of aromatic nitrogens is 1. The van der Waals surface area contributed by atoms with E-state index in [0.717, 1.165) is 58.4 Å². The molecule has 0 spiro atoms. The van der Waals surface area contributed by atoms with Gasteiger partial charge in [0.1, 0.15) is 11.3 Å². The minimum absolute atomic E-state index is 0.258. The highest BCUT2D eigenvalue weighted by molar-refractivity contribution is 6.13. The van der Waals surface area contributed by atoms with Crippen LogP contribution < -0.4 is 15.0 Å². The number of fused-ring (bicyclic) bond motifs is 5. The number of amides is 3. The summed E-state index contributed by atoms with van der Waals surface area (Å²) in [5.74, 6) is -0.227. The molecule has 0 radical (unpaired) electrons. The third-order valence-corrected chi connectivity index (χ3v) is 9.27. The number of aromatic amines is 1. The van der Waals surface area contributed by atoms with Gasteiger partial charge in [0.2, 0.25) is 0 Å². The molecule has 11 nitrogen and oxygen atoms in total. The predicted molar refractivity (Wildman–Crippen MR) is 199 cm³/mol. The number of unbranched alkanes of at least 4 members (excludes halogenated alkanes) is 2. The van der Waals surface area contributed by atoms with Gasteiger partial charge in [-0.1, -0.05) is 48.9 Å². The Morgan fingerprint density at radius 3 is 2.44 bits per heavy atom. The fourth-order valence-electron chi connectivity index (χ4n) is 6.60. The van der Waals surface area contributed by atoms with E-state index in [1.54, 1.807) is 24.3 Å². The molecule has 0 saturated carbocycles. The average molecular weight is 697 g/mol. The number of para-hydroxylation sites is 1. The molecule has 2 aromatic heterocycles. The number of esters is 1. The number of likely N-dealkylation sites (N-methyl/N-ethyl adjacent to an activating group) is 1. The van der Waals surface area contributed by atoms with Crippen molar-refractivity contribution in [2.75, 3.05) is 30.4 Å². The van der Waals surface area contributed by atoms with Crippen molar-refractivity contribution in [3.05, 3.63) is 114 Å². The number of nitrogens with zero attached hydrogens (tertiary/aromatic N) is 2. The Hall–Kier alpha value is -6.49. The summed E-state index contributed by atoms with van der Waals surface area (Å²) in [5, 5.41) is 6.65. The first-order valence-electron chi connectivity index (χ1n) is 17.2. The minimum Gasteiger partial charge on any atom is -0.451 e. The van der Waals surface area contributed by atoms with Crippen molar-refractivity contribution in [2.24, 2.45) is 0 Å². The molecule has 262 valence electrons. The third-order valence-electron chi connectivity index (χ3n) is 9.27. The number of carbonyl (C=O) groups excluding carboxylic acids is 5. The van der Waals surface area contributed by atoms with Gasteiger partial charge in [-0.05, 0) is 66.6 Å². The first kappa shape index (κ1) is 34.0. The molecule has 0 fully saturated rings. The molecule has 2 aliphatic heterocycles. The fourth-order valence-corrected chi connectivity index (χ4v) is 6.60. The van der Waals surface area contributed by atoms with Crippen LogP contribution in [0, 0.1) is 0 Å². The van der Waals surface area contributed by atoms with Crippen LogP contribution in [-0.4, -0.2) is 60.0 Å². The van der Waals surface area contributed by atoms with Gasteiger partial charge in [-0.15, -0.1) is 0 Å². The maximum Gasteiger partial charge on any atom is 0.311 e. The molecule has 3 amide bonds. The first-order valence-corrected chi connectivity index (χ1v) is 17.2. The summed E-state index contributed by atoms with van der Waals surface area (Å²) in [6, 6.07) is 26.3. The lowest BCUT2D eigenvalue weighted by Crippen LogP contribution is -2.30. The number of ether oxygens (including phenoxy) is 1. The largest absolute Gasteiger partial charge is 0.451 e. The minimum atomic E-state index is -0.313. The van der Waals surface area contributed by atoms with E-state index in [9.17, 15) is 24.0 Å². The zero-order valence-corrected chi connectivity index (χ0v) is 28.5. The Morgan fingerprint density at radius 2 is 1.65 bits per heavy atom. The topological polar surface area (TPSA) is 142 Å². The molecule has 4 heterocycles.